The van der Waals surface area contributed by atoms with E-state index in [1.165, 1.54) is 11.8 Å². The summed E-state index contributed by atoms with van der Waals surface area (Å²) in [6, 6.07) is 7.87. The van der Waals surface area contributed by atoms with Crippen LogP contribution >= 0.6 is 12.4 Å². The number of aromatic nitrogens is 1. The van der Waals surface area contributed by atoms with Gasteiger partial charge in [-0.15, -0.1) is 12.4 Å². The Kier molecular flexibility index (Phi) is 3.95. The summed E-state index contributed by atoms with van der Waals surface area (Å²) in [7, 11) is 0. The highest BCUT2D eigenvalue weighted by Gasteiger charge is 2.30. The molecule has 1 aromatic heterocycles. The Balaban J connectivity index is 0.00000120. The van der Waals surface area contributed by atoms with E-state index >= 15 is 0 Å². The van der Waals surface area contributed by atoms with Crippen LogP contribution in [0.1, 0.15) is 30.9 Å². The largest absolute Gasteiger partial charge is 0.391 e. The van der Waals surface area contributed by atoms with Crippen molar-refractivity contribution in [2.75, 3.05) is 0 Å². The van der Waals surface area contributed by atoms with Crippen LogP contribution in [0.25, 0.3) is 10.9 Å². The zero-order chi connectivity index (χ0) is 11.8. The molecular weight excluding hydrogens is 248 g/mol. The Morgan fingerprint density at radius 1 is 1.28 bits per heavy atom. The van der Waals surface area contributed by atoms with Gasteiger partial charge in [0.2, 0.25) is 0 Å². The molecule has 0 spiro atoms. The van der Waals surface area contributed by atoms with E-state index in [0.717, 1.165) is 23.9 Å². The van der Waals surface area contributed by atoms with Gasteiger partial charge in [0.25, 0.3) is 0 Å². The van der Waals surface area contributed by atoms with Crippen LogP contribution in [0.3, 0.4) is 0 Å². The van der Waals surface area contributed by atoms with Gasteiger partial charge in [0.05, 0.1) is 12.1 Å². The first-order valence-electron chi connectivity index (χ1n) is 6.26. The molecule has 0 bridgehead atoms. The zero-order valence-electron chi connectivity index (χ0n) is 10.2. The molecule has 3 rings (SSSR count). The van der Waals surface area contributed by atoms with Crippen LogP contribution in [0.2, 0.25) is 0 Å². The van der Waals surface area contributed by atoms with E-state index in [1.54, 1.807) is 0 Å². The first kappa shape index (κ1) is 13.4. The molecule has 0 saturated heterocycles. The standard InChI is InChI=1S/C14H18N2O.ClH/c15-13(14(17)10-2-1-3-10)11-5-4-9-6-7-16-12(9)8-11;/h4-8,10,13-14,16-17H,1-3,15H2;1H/t13-,14+;/m0./s1. The van der Waals surface area contributed by atoms with Crippen molar-refractivity contribution in [2.24, 2.45) is 11.7 Å². The molecule has 3 nitrogen and oxygen atoms in total. The van der Waals surface area contributed by atoms with Crippen LogP contribution in [-0.4, -0.2) is 16.2 Å². The SMILES string of the molecule is Cl.N[C@@H](c1ccc2cc[nH]c2c1)[C@H](O)C1CCC1. The quantitative estimate of drug-likeness (QED) is 0.800. The number of hydrogen-bond acceptors (Lipinski definition) is 2. The Hall–Kier alpha value is -1.03. The van der Waals surface area contributed by atoms with Crippen molar-refractivity contribution in [1.29, 1.82) is 0 Å². The van der Waals surface area contributed by atoms with Crippen LogP contribution in [-0.2, 0) is 0 Å². The average molecular weight is 267 g/mol. The van der Waals surface area contributed by atoms with Crippen molar-refractivity contribution in [1.82, 2.24) is 4.98 Å². The number of aliphatic hydroxyl groups is 1. The summed E-state index contributed by atoms with van der Waals surface area (Å²) < 4.78 is 0. The minimum Gasteiger partial charge on any atom is -0.391 e. The maximum Gasteiger partial charge on any atom is 0.0760 e. The summed E-state index contributed by atoms with van der Waals surface area (Å²) in [5.74, 6) is 0.393. The highest BCUT2D eigenvalue weighted by molar-refractivity contribution is 5.85. The van der Waals surface area contributed by atoms with Gasteiger partial charge in [0, 0.05) is 11.7 Å². The van der Waals surface area contributed by atoms with Crippen LogP contribution in [0.4, 0.5) is 0 Å². The molecule has 2 atom stereocenters. The molecular formula is C14H19ClN2O. The normalized spacial score (nSPS) is 19.0. The monoisotopic (exact) mass is 266 g/mol. The van der Waals surface area contributed by atoms with Crippen molar-refractivity contribution in [3.05, 3.63) is 36.0 Å². The third-order valence-corrected chi connectivity index (χ3v) is 3.96. The van der Waals surface area contributed by atoms with E-state index in [0.29, 0.717) is 5.92 Å². The molecule has 18 heavy (non-hydrogen) atoms. The van der Waals surface area contributed by atoms with Gasteiger partial charge in [-0.2, -0.15) is 0 Å². The molecule has 98 valence electrons. The van der Waals surface area contributed by atoms with E-state index in [4.69, 9.17) is 5.73 Å². The molecule has 0 aliphatic heterocycles. The topological polar surface area (TPSA) is 62.0 Å². The summed E-state index contributed by atoms with van der Waals surface area (Å²) >= 11 is 0. The third-order valence-electron chi connectivity index (χ3n) is 3.96. The van der Waals surface area contributed by atoms with E-state index in [-0.39, 0.29) is 18.4 Å². The van der Waals surface area contributed by atoms with Crippen molar-refractivity contribution >= 4 is 23.3 Å². The Morgan fingerprint density at radius 3 is 2.72 bits per heavy atom. The van der Waals surface area contributed by atoms with Crippen LogP contribution < -0.4 is 5.73 Å². The lowest BCUT2D eigenvalue weighted by atomic mass is 9.77. The molecule has 1 heterocycles. The maximum atomic E-state index is 10.2. The maximum absolute atomic E-state index is 10.2. The van der Waals surface area contributed by atoms with Gasteiger partial charge in [0.1, 0.15) is 0 Å². The summed E-state index contributed by atoms with van der Waals surface area (Å²) in [6.45, 7) is 0. The minimum atomic E-state index is -0.406. The molecule has 2 aromatic rings. The number of aromatic amines is 1. The number of halogens is 1. The lowest BCUT2D eigenvalue weighted by molar-refractivity contribution is 0.0414. The van der Waals surface area contributed by atoms with Crippen molar-refractivity contribution in [2.45, 2.75) is 31.4 Å². The van der Waals surface area contributed by atoms with Crippen LogP contribution in [0.15, 0.2) is 30.5 Å². The van der Waals surface area contributed by atoms with E-state index in [9.17, 15) is 5.11 Å². The number of aliphatic hydroxyl groups excluding tert-OH is 1. The fraction of sp³-hybridized carbons (Fsp3) is 0.429. The van der Waals surface area contributed by atoms with Gasteiger partial charge in [0.15, 0.2) is 0 Å². The number of rotatable bonds is 3. The summed E-state index contributed by atoms with van der Waals surface area (Å²) in [4.78, 5) is 3.17. The molecule has 0 radical (unpaired) electrons. The molecule has 4 heteroatoms. The molecule has 1 aliphatic carbocycles. The zero-order valence-corrected chi connectivity index (χ0v) is 11.0. The van der Waals surface area contributed by atoms with Gasteiger partial charge < -0.3 is 15.8 Å². The molecule has 0 amide bonds. The number of fused-ring (bicyclic) bond motifs is 1. The highest BCUT2D eigenvalue weighted by Crippen LogP contribution is 2.34. The Morgan fingerprint density at radius 2 is 2.06 bits per heavy atom. The Bertz CT molecular complexity index is 521. The molecule has 1 aromatic carbocycles. The van der Waals surface area contributed by atoms with Gasteiger partial charge in [-0.25, -0.2) is 0 Å². The molecule has 1 fully saturated rings. The second-order valence-electron chi connectivity index (χ2n) is 5.03. The second-order valence-corrected chi connectivity index (χ2v) is 5.03. The first-order valence-corrected chi connectivity index (χ1v) is 6.26. The minimum absolute atomic E-state index is 0. The average Bonchev–Trinajstić information content (AvgIpc) is 2.72. The highest BCUT2D eigenvalue weighted by atomic mass is 35.5. The third kappa shape index (κ3) is 2.26. The number of nitrogens with one attached hydrogen (secondary N) is 1. The lowest BCUT2D eigenvalue weighted by Gasteiger charge is -2.33. The first-order chi connectivity index (χ1) is 8.25. The number of H-pyrrole nitrogens is 1. The van der Waals surface area contributed by atoms with E-state index < -0.39 is 6.10 Å². The molecule has 4 N–H and O–H groups in total. The molecule has 0 unspecified atom stereocenters. The summed E-state index contributed by atoms with van der Waals surface area (Å²) in [5.41, 5.74) is 8.24. The fourth-order valence-electron chi connectivity index (χ4n) is 2.54. The van der Waals surface area contributed by atoms with Crippen molar-refractivity contribution in [3.8, 4) is 0 Å². The summed E-state index contributed by atoms with van der Waals surface area (Å²) in [6.07, 6.45) is 4.96. The predicted molar refractivity (Wildman–Crippen MR) is 75.8 cm³/mol. The lowest BCUT2D eigenvalue weighted by Crippen LogP contribution is -2.36. The number of nitrogens with two attached hydrogens (primary N) is 1. The smallest absolute Gasteiger partial charge is 0.0760 e. The number of hydrogen-bond donors (Lipinski definition) is 3. The fourth-order valence-corrected chi connectivity index (χ4v) is 2.54. The number of benzene rings is 1. The van der Waals surface area contributed by atoms with Crippen molar-refractivity contribution < 1.29 is 5.11 Å². The van der Waals surface area contributed by atoms with E-state index in [1.807, 2.05) is 24.4 Å². The predicted octanol–water partition coefficient (Wildman–Crippen LogP) is 2.75. The molecule has 1 saturated carbocycles. The summed E-state index contributed by atoms with van der Waals surface area (Å²) in [5, 5.41) is 11.4. The van der Waals surface area contributed by atoms with Gasteiger partial charge in [-0.3, -0.25) is 0 Å². The van der Waals surface area contributed by atoms with Gasteiger partial charge >= 0.3 is 0 Å². The molecule has 1 aliphatic rings. The van der Waals surface area contributed by atoms with Gasteiger partial charge in [-0.1, -0.05) is 18.6 Å². The van der Waals surface area contributed by atoms with E-state index in [2.05, 4.69) is 11.1 Å². The van der Waals surface area contributed by atoms with Gasteiger partial charge in [-0.05, 0) is 41.8 Å². The Labute approximate surface area is 113 Å². The van der Waals surface area contributed by atoms with Crippen LogP contribution in [0, 0.1) is 5.92 Å². The van der Waals surface area contributed by atoms with Crippen LogP contribution in [0.5, 0.6) is 0 Å². The second kappa shape index (κ2) is 5.31. The van der Waals surface area contributed by atoms with Crippen molar-refractivity contribution in [3.63, 3.8) is 0 Å².